The Morgan fingerprint density at radius 3 is 2.50 bits per heavy atom. The predicted molar refractivity (Wildman–Crippen MR) is 97.4 cm³/mol. The highest BCUT2D eigenvalue weighted by Crippen LogP contribution is 2.31. The molecular weight excluding hydrogens is 344 g/mol. The Morgan fingerprint density at radius 2 is 1.79 bits per heavy atom. The highest BCUT2D eigenvalue weighted by atomic mass is 32.2. The normalized spacial score (nSPS) is 30.8. The molecule has 0 spiro atoms. The summed E-state index contributed by atoms with van der Waals surface area (Å²) in [6.07, 6.45) is 4.51. The van der Waals surface area contributed by atoms with Gasteiger partial charge in [-0.2, -0.15) is 0 Å². The Bertz CT molecular complexity index is 684. The lowest BCUT2D eigenvalue weighted by molar-refractivity contribution is 0.0445. The van der Waals surface area contributed by atoms with Crippen molar-refractivity contribution >= 4 is 26.3 Å². The second-order valence-electron chi connectivity index (χ2n) is 7.11. The Morgan fingerprint density at radius 1 is 1.12 bits per heavy atom. The number of anilines is 1. The lowest BCUT2D eigenvalue weighted by Gasteiger charge is -2.43. The Kier molecular flexibility index (Phi) is 4.57. The summed E-state index contributed by atoms with van der Waals surface area (Å²) in [6, 6.07) is 0.306. The van der Waals surface area contributed by atoms with Gasteiger partial charge in [0.15, 0.2) is 15.0 Å². The maximum absolute atomic E-state index is 12.2. The van der Waals surface area contributed by atoms with Crippen LogP contribution in [-0.4, -0.2) is 79.5 Å². The van der Waals surface area contributed by atoms with Gasteiger partial charge in [0, 0.05) is 55.9 Å². The molecule has 4 rings (SSSR count). The van der Waals surface area contributed by atoms with Crippen LogP contribution in [0.4, 0.5) is 5.13 Å². The first-order valence-electron chi connectivity index (χ1n) is 8.94. The Balaban J connectivity index is 1.48. The van der Waals surface area contributed by atoms with Gasteiger partial charge in [-0.15, -0.1) is 11.3 Å². The van der Waals surface area contributed by atoms with Crippen molar-refractivity contribution in [2.24, 2.45) is 0 Å². The van der Waals surface area contributed by atoms with Crippen molar-refractivity contribution < 1.29 is 8.42 Å². The third-order valence-electron chi connectivity index (χ3n) is 5.59. The summed E-state index contributed by atoms with van der Waals surface area (Å²) in [4.78, 5) is 12.9. The Hall–Kier alpha value is -0.700. The number of fused-ring (bicyclic) bond motifs is 1. The fourth-order valence-electron chi connectivity index (χ4n) is 4.31. The molecule has 3 fully saturated rings. The van der Waals surface area contributed by atoms with E-state index < -0.39 is 9.84 Å². The standard InChI is InChI=1S/C16H26N4O2S2/c1-2-18-7-8-20(15-12-24(21,22)11-14(15)18)10-13-9-17-16(23-13)19-5-3-4-6-19/h9,14-15H,2-8,10-12H2,1H3/t14-,15+/m0/s1. The second kappa shape index (κ2) is 6.55. The van der Waals surface area contributed by atoms with Crippen LogP contribution < -0.4 is 4.90 Å². The quantitative estimate of drug-likeness (QED) is 0.790. The summed E-state index contributed by atoms with van der Waals surface area (Å²) in [5, 5.41) is 1.13. The van der Waals surface area contributed by atoms with Gasteiger partial charge in [0.25, 0.3) is 0 Å². The topological polar surface area (TPSA) is 56.8 Å². The van der Waals surface area contributed by atoms with E-state index in [1.165, 1.54) is 17.7 Å². The number of nitrogens with zero attached hydrogens (tertiary/aromatic N) is 4. The number of hydrogen-bond acceptors (Lipinski definition) is 7. The third kappa shape index (κ3) is 3.21. The first-order chi connectivity index (χ1) is 11.6. The molecule has 0 bridgehead atoms. The smallest absolute Gasteiger partial charge is 0.185 e. The summed E-state index contributed by atoms with van der Waals surface area (Å²) in [5.74, 6) is 0.635. The summed E-state index contributed by atoms with van der Waals surface area (Å²) in [5.41, 5.74) is 0. The van der Waals surface area contributed by atoms with Gasteiger partial charge in [0.2, 0.25) is 0 Å². The van der Waals surface area contributed by atoms with E-state index in [0.717, 1.165) is 44.4 Å². The fourth-order valence-corrected chi connectivity index (χ4v) is 7.34. The van der Waals surface area contributed by atoms with E-state index in [4.69, 9.17) is 0 Å². The zero-order chi connectivity index (χ0) is 16.7. The molecule has 0 aromatic carbocycles. The van der Waals surface area contributed by atoms with Crippen LogP contribution in [0.3, 0.4) is 0 Å². The molecule has 3 aliphatic rings. The minimum Gasteiger partial charge on any atom is -0.348 e. The minimum atomic E-state index is -2.91. The third-order valence-corrected chi connectivity index (χ3v) is 8.33. The van der Waals surface area contributed by atoms with E-state index in [1.807, 2.05) is 6.20 Å². The monoisotopic (exact) mass is 370 g/mol. The highest BCUT2D eigenvalue weighted by Gasteiger charge is 2.46. The number of piperazine rings is 1. The van der Waals surface area contributed by atoms with Crippen LogP contribution in [0.2, 0.25) is 0 Å². The number of aromatic nitrogens is 1. The number of rotatable bonds is 4. The molecule has 134 valence electrons. The summed E-state index contributed by atoms with van der Waals surface area (Å²) < 4.78 is 24.3. The molecule has 1 aromatic heterocycles. The van der Waals surface area contributed by atoms with Crippen molar-refractivity contribution in [2.75, 3.05) is 49.1 Å². The molecule has 6 nitrogen and oxygen atoms in total. The number of sulfone groups is 1. The maximum Gasteiger partial charge on any atom is 0.185 e. The molecule has 4 heterocycles. The van der Waals surface area contributed by atoms with Crippen molar-refractivity contribution in [2.45, 2.75) is 38.4 Å². The van der Waals surface area contributed by atoms with Gasteiger partial charge >= 0.3 is 0 Å². The number of thiazole rings is 1. The van der Waals surface area contributed by atoms with E-state index in [0.29, 0.717) is 11.5 Å². The van der Waals surface area contributed by atoms with Gasteiger partial charge in [-0.25, -0.2) is 13.4 Å². The van der Waals surface area contributed by atoms with E-state index in [2.05, 4.69) is 26.6 Å². The average Bonchev–Trinajstić information content (AvgIpc) is 3.25. The minimum absolute atomic E-state index is 0.140. The molecule has 8 heteroatoms. The molecule has 0 radical (unpaired) electrons. The van der Waals surface area contributed by atoms with Crippen molar-refractivity contribution in [3.05, 3.63) is 11.1 Å². The predicted octanol–water partition coefficient (Wildman–Crippen LogP) is 1.05. The number of hydrogen-bond donors (Lipinski definition) is 0. The second-order valence-corrected chi connectivity index (χ2v) is 10.4. The van der Waals surface area contributed by atoms with Crippen LogP contribution in [0.1, 0.15) is 24.6 Å². The summed E-state index contributed by atoms with van der Waals surface area (Å²) in [6.45, 7) is 8.04. The molecule has 0 unspecified atom stereocenters. The van der Waals surface area contributed by atoms with Crippen molar-refractivity contribution in [3.63, 3.8) is 0 Å². The zero-order valence-corrected chi connectivity index (χ0v) is 15.9. The summed E-state index contributed by atoms with van der Waals surface area (Å²) in [7, 11) is -2.91. The van der Waals surface area contributed by atoms with E-state index in [-0.39, 0.29) is 12.1 Å². The van der Waals surface area contributed by atoms with Crippen molar-refractivity contribution in [1.82, 2.24) is 14.8 Å². The Labute approximate surface area is 148 Å². The van der Waals surface area contributed by atoms with Crippen molar-refractivity contribution in [3.8, 4) is 0 Å². The number of likely N-dealkylation sites (N-methyl/N-ethyl adjacent to an activating group) is 1. The lowest BCUT2D eigenvalue weighted by Crippen LogP contribution is -2.58. The fraction of sp³-hybridized carbons (Fsp3) is 0.812. The zero-order valence-electron chi connectivity index (χ0n) is 14.2. The summed E-state index contributed by atoms with van der Waals surface area (Å²) >= 11 is 1.77. The first-order valence-corrected chi connectivity index (χ1v) is 11.6. The van der Waals surface area contributed by atoms with Crippen molar-refractivity contribution in [1.29, 1.82) is 0 Å². The molecule has 0 N–H and O–H groups in total. The molecule has 24 heavy (non-hydrogen) atoms. The largest absolute Gasteiger partial charge is 0.348 e. The lowest BCUT2D eigenvalue weighted by atomic mass is 10.0. The van der Waals surface area contributed by atoms with Crippen LogP contribution in [0.15, 0.2) is 6.20 Å². The highest BCUT2D eigenvalue weighted by molar-refractivity contribution is 7.91. The molecule has 0 aliphatic carbocycles. The van der Waals surface area contributed by atoms with Gasteiger partial charge in [-0.1, -0.05) is 6.92 Å². The molecular formula is C16H26N4O2S2. The van der Waals surface area contributed by atoms with Gasteiger partial charge in [-0.3, -0.25) is 9.80 Å². The van der Waals surface area contributed by atoms with E-state index in [9.17, 15) is 8.42 Å². The van der Waals surface area contributed by atoms with Gasteiger partial charge in [0.05, 0.1) is 11.5 Å². The van der Waals surface area contributed by atoms with Crippen LogP contribution in [0, 0.1) is 0 Å². The van der Waals surface area contributed by atoms with E-state index >= 15 is 0 Å². The van der Waals surface area contributed by atoms with Gasteiger partial charge in [-0.05, 0) is 19.4 Å². The van der Waals surface area contributed by atoms with Crippen LogP contribution in [0.5, 0.6) is 0 Å². The molecule has 2 atom stereocenters. The van der Waals surface area contributed by atoms with Crippen LogP contribution >= 0.6 is 11.3 Å². The molecule has 0 saturated carbocycles. The molecule has 3 aliphatic heterocycles. The van der Waals surface area contributed by atoms with Gasteiger partial charge in [0.1, 0.15) is 0 Å². The maximum atomic E-state index is 12.2. The van der Waals surface area contributed by atoms with Crippen LogP contribution in [-0.2, 0) is 16.4 Å². The molecule has 1 aromatic rings. The first kappa shape index (κ1) is 16.8. The van der Waals surface area contributed by atoms with Gasteiger partial charge < -0.3 is 4.90 Å². The molecule has 0 amide bonds. The molecule has 3 saturated heterocycles. The average molecular weight is 371 g/mol. The van der Waals surface area contributed by atoms with E-state index in [1.54, 1.807) is 11.3 Å². The SMILES string of the molecule is CCN1CCN(Cc2cnc(N3CCCC3)s2)[C@@H]2CS(=O)(=O)C[C@@H]21. The van der Waals surface area contributed by atoms with Crippen LogP contribution in [0.25, 0.3) is 0 Å².